The summed E-state index contributed by atoms with van der Waals surface area (Å²) in [5.74, 6) is 0.133. The molecule has 15 rings (SSSR count). The van der Waals surface area contributed by atoms with Gasteiger partial charge in [-0.2, -0.15) is 50.8 Å². The topological polar surface area (TPSA) is 294 Å². The number of carbonyl (C=O) groups is 2. The van der Waals surface area contributed by atoms with E-state index in [2.05, 4.69) is 12.1 Å². The maximum absolute atomic E-state index is 14.3. The van der Waals surface area contributed by atoms with Crippen LogP contribution in [0, 0.1) is 90.6 Å². The Kier molecular flexibility index (Phi) is 11.7. The molecule has 410 valence electrons. The Morgan fingerprint density at radius 3 is 1.36 bits per heavy atom. The van der Waals surface area contributed by atoms with Gasteiger partial charge in [-0.05, 0) is 106 Å². The van der Waals surface area contributed by atoms with E-state index >= 15 is 0 Å². The van der Waals surface area contributed by atoms with Crippen LogP contribution in [0.5, 0.6) is 11.5 Å². The second kappa shape index (κ2) is 19.2. The molecule has 4 aromatic carbocycles. The third kappa shape index (κ3) is 7.60. The van der Waals surface area contributed by atoms with Crippen LogP contribution in [0.3, 0.4) is 0 Å². The van der Waals surface area contributed by atoms with Gasteiger partial charge in [0, 0.05) is 85.3 Å². The summed E-state index contributed by atoms with van der Waals surface area (Å²) >= 11 is 8.44. The Morgan fingerprint density at radius 2 is 0.920 bits per heavy atom. The van der Waals surface area contributed by atoms with Gasteiger partial charge in [0.15, 0.2) is 11.6 Å². The summed E-state index contributed by atoms with van der Waals surface area (Å²) in [4.78, 5) is 46.6. The summed E-state index contributed by atoms with van der Waals surface area (Å²) in [7, 11) is 0. The second-order valence-corrected chi connectivity index (χ2v) is 27.4. The largest absolute Gasteiger partial charge is 0.482 e. The van der Waals surface area contributed by atoms with Crippen molar-refractivity contribution in [2.24, 2.45) is 0 Å². The highest BCUT2D eigenvalue weighted by atomic mass is 32.1. The van der Waals surface area contributed by atoms with Crippen molar-refractivity contribution in [3.8, 4) is 100 Å². The standard InChI is InChI=1S/C66H26N12O4S6/c1-65(2)42-17-47(85-60(42)62-44(81-65)15-33(83-62)13-40-49(31(23-71)24-72)36-9-27(19-67)29(21-69)11-38(36)58(40)79)51-54-55(76-64-53(75-54)35-7-5-6-8-46(35)87-64)52(57-56(51)77-88-78-57)48-18-43-61(86-48)63-45(82-66(43,3)4)16-34(84-63)14-41-50(32(25-73)26-74)37-10-28(20-68)30(22-70)12-39(37)59(41)80/h5-18H,1-4H3/b40-13-,41-14-. The average molecular weight is 1240 g/mol. The molecule has 0 spiro atoms. The van der Waals surface area contributed by atoms with Gasteiger partial charge in [0.05, 0.1) is 53.5 Å². The quantitative estimate of drug-likeness (QED) is 0.117. The molecule has 0 bridgehead atoms. The first-order valence-corrected chi connectivity index (χ1v) is 31.2. The number of allylic oxidation sites excluding steroid dienone is 6. The van der Waals surface area contributed by atoms with Gasteiger partial charge in [-0.25, -0.2) is 9.97 Å². The third-order valence-corrected chi connectivity index (χ3v) is 22.2. The van der Waals surface area contributed by atoms with Crippen LogP contribution >= 0.6 is 68.4 Å². The summed E-state index contributed by atoms with van der Waals surface area (Å²) in [5.41, 5.74) is 5.04. The zero-order valence-electron chi connectivity index (χ0n) is 45.5. The van der Waals surface area contributed by atoms with E-state index in [9.17, 15) is 51.7 Å². The van der Waals surface area contributed by atoms with Crippen LogP contribution in [0.25, 0.3) is 106 Å². The lowest BCUT2D eigenvalue weighted by molar-refractivity contribution is 0.103. The van der Waals surface area contributed by atoms with Crippen LogP contribution in [-0.4, -0.2) is 30.3 Å². The molecule has 0 radical (unpaired) electrons. The molecule has 11 aromatic rings. The van der Waals surface area contributed by atoms with Gasteiger partial charge in [-0.3, -0.25) is 9.59 Å². The van der Waals surface area contributed by atoms with Crippen LogP contribution in [0.15, 0.2) is 95.1 Å². The van der Waals surface area contributed by atoms with Crippen molar-refractivity contribution in [3.05, 3.63) is 160 Å². The van der Waals surface area contributed by atoms with Gasteiger partial charge < -0.3 is 9.47 Å². The molecule has 0 saturated carbocycles. The Balaban J connectivity index is 0.889. The van der Waals surface area contributed by atoms with Gasteiger partial charge in [0.2, 0.25) is 0 Å². The van der Waals surface area contributed by atoms with Crippen molar-refractivity contribution in [1.82, 2.24) is 18.7 Å². The lowest BCUT2D eigenvalue weighted by Crippen LogP contribution is -2.27. The molecule has 0 N–H and O–H groups in total. The van der Waals surface area contributed by atoms with E-state index in [1.54, 1.807) is 23.5 Å². The maximum Gasteiger partial charge on any atom is 0.194 e. The van der Waals surface area contributed by atoms with E-state index in [-0.39, 0.29) is 77.9 Å². The number of rotatable bonds is 4. The fraction of sp³-hybridized carbons (Fsp3) is 0.0909. The molecule has 0 fully saturated rings. The first-order chi connectivity index (χ1) is 42.5. The number of carbonyl (C=O) groups excluding carboxylic acids is 2. The van der Waals surface area contributed by atoms with Gasteiger partial charge in [0.25, 0.3) is 0 Å². The minimum atomic E-state index is -0.875. The van der Waals surface area contributed by atoms with Gasteiger partial charge in [-0.15, -0.1) is 56.7 Å². The van der Waals surface area contributed by atoms with E-state index in [0.29, 0.717) is 43.3 Å². The van der Waals surface area contributed by atoms with Crippen LogP contribution in [0.4, 0.5) is 0 Å². The molecule has 2 aliphatic heterocycles. The number of aromatic nitrogens is 4. The van der Waals surface area contributed by atoms with Crippen molar-refractivity contribution in [2.45, 2.75) is 38.9 Å². The van der Waals surface area contributed by atoms with E-state index < -0.39 is 22.8 Å². The number of nitrogens with zero attached hydrogens (tertiary/aromatic N) is 12. The monoisotopic (exact) mass is 1240 g/mol. The Bertz CT molecular complexity index is 5720. The second-order valence-electron chi connectivity index (χ2n) is 21.6. The fourth-order valence-electron chi connectivity index (χ4n) is 11.9. The first-order valence-electron chi connectivity index (χ1n) is 26.4. The van der Waals surface area contributed by atoms with E-state index in [1.165, 1.54) is 69.6 Å². The van der Waals surface area contributed by atoms with E-state index in [4.69, 9.17) is 28.2 Å². The highest BCUT2D eigenvalue weighted by Crippen LogP contribution is 2.59. The molecule has 9 heterocycles. The number of Topliss-reactive ketones (excluding diaryl/α,β-unsaturated/α-hetero) is 2. The Labute approximate surface area is 521 Å². The Hall–Kier alpha value is -11.1. The number of ketones is 2. The van der Waals surface area contributed by atoms with Crippen molar-refractivity contribution in [3.63, 3.8) is 0 Å². The number of thiophene rings is 5. The molecule has 0 amide bonds. The van der Waals surface area contributed by atoms with Gasteiger partial charge >= 0.3 is 0 Å². The van der Waals surface area contributed by atoms with Crippen LogP contribution in [0.1, 0.15) is 103 Å². The molecular formula is C66H26N12O4S6. The zero-order chi connectivity index (χ0) is 61.0. The molecular weight excluding hydrogens is 1220 g/mol. The Morgan fingerprint density at radius 1 is 0.489 bits per heavy atom. The van der Waals surface area contributed by atoms with Crippen LogP contribution < -0.4 is 9.47 Å². The van der Waals surface area contributed by atoms with Crippen molar-refractivity contribution in [1.29, 1.82) is 42.1 Å². The van der Waals surface area contributed by atoms with Gasteiger partial charge in [-0.1, -0.05) is 18.2 Å². The molecule has 2 aliphatic carbocycles. The zero-order valence-corrected chi connectivity index (χ0v) is 50.4. The predicted molar refractivity (Wildman–Crippen MR) is 337 cm³/mol. The number of hydrogen-bond acceptors (Lipinski definition) is 22. The molecule has 0 atom stereocenters. The molecule has 16 nitrogen and oxygen atoms in total. The molecule has 7 aromatic heterocycles. The lowest BCUT2D eigenvalue weighted by Gasteiger charge is -2.31. The summed E-state index contributed by atoms with van der Waals surface area (Å²) in [6, 6.07) is 37.0. The van der Waals surface area contributed by atoms with Crippen molar-refractivity contribution >= 4 is 146 Å². The highest BCUT2D eigenvalue weighted by molar-refractivity contribution is 7.26. The first kappa shape index (κ1) is 53.6. The van der Waals surface area contributed by atoms with Crippen molar-refractivity contribution < 1.29 is 19.1 Å². The number of ether oxygens (including phenoxy) is 2. The molecule has 4 aliphatic rings. The minimum absolute atomic E-state index is 0.00124. The van der Waals surface area contributed by atoms with Crippen molar-refractivity contribution in [2.75, 3.05) is 0 Å². The average Bonchev–Trinajstić information content (AvgIpc) is 1.64. The number of fused-ring (bicyclic) bond motifs is 13. The summed E-state index contributed by atoms with van der Waals surface area (Å²) in [6.45, 7) is 7.92. The SMILES string of the molecule is CC1(C)Oc2cc(/C=C3\C(=O)c4cc(C#N)c(C#N)cc4C3=C(C#N)C#N)sc2-c2sc(-c3c4nsnc4c(-c4cc5c(s4)-c4sc(/C=C6\C(=O)c7cc(C#N)c(C#N)cc7C6=C(C#N)C#N)cc4OC5(C)C)c4nc5c(nc34)sc3ccccc35)cc21. The van der Waals surface area contributed by atoms with Crippen LogP contribution in [0.2, 0.25) is 0 Å². The molecule has 0 saturated heterocycles. The number of nitriles is 8. The highest BCUT2D eigenvalue weighted by Gasteiger charge is 2.42. The summed E-state index contributed by atoms with van der Waals surface area (Å²) in [6.07, 6.45) is 3.25. The predicted octanol–water partition coefficient (Wildman–Crippen LogP) is 15.8. The smallest absolute Gasteiger partial charge is 0.194 e. The molecule has 22 heteroatoms. The van der Waals surface area contributed by atoms with E-state index in [1.807, 2.05) is 113 Å². The third-order valence-electron chi connectivity index (χ3n) is 15.9. The summed E-state index contributed by atoms with van der Waals surface area (Å²) < 4.78 is 24.7. The van der Waals surface area contributed by atoms with E-state index in [0.717, 1.165) is 83.7 Å². The lowest BCUT2D eigenvalue weighted by atomic mass is 9.93. The molecule has 88 heavy (non-hydrogen) atoms. The number of hydrogen-bond donors (Lipinski definition) is 0. The van der Waals surface area contributed by atoms with Gasteiger partial charge in [0.1, 0.15) is 115 Å². The summed E-state index contributed by atoms with van der Waals surface area (Å²) in [5, 5.41) is 80.8. The maximum atomic E-state index is 14.3. The minimum Gasteiger partial charge on any atom is -0.482 e. The molecule has 0 unspecified atom stereocenters. The normalized spacial score (nSPS) is 15.4. The fourth-order valence-corrected chi connectivity index (χ4v) is 18.6. The van der Waals surface area contributed by atoms with Crippen LogP contribution in [-0.2, 0) is 11.2 Å². The number of benzene rings is 4.